The van der Waals surface area contributed by atoms with Crippen LogP contribution in [0.4, 0.5) is 11.4 Å². The van der Waals surface area contributed by atoms with Crippen molar-refractivity contribution in [2.75, 3.05) is 5.32 Å². The molecule has 1 amide bonds. The fraction of sp³-hybridized carbons (Fsp3) is 0.0625. The van der Waals surface area contributed by atoms with Crippen LogP contribution in [-0.2, 0) is 0 Å². The zero-order valence-corrected chi connectivity index (χ0v) is 13.0. The molecule has 0 atom stereocenters. The number of anilines is 1. The first-order valence-electron chi connectivity index (χ1n) is 7.41. The van der Waals surface area contributed by atoms with Crippen molar-refractivity contribution in [2.24, 2.45) is 0 Å². The van der Waals surface area contributed by atoms with Crippen molar-refractivity contribution >= 4 is 39.1 Å². The van der Waals surface area contributed by atoms with E-state index in [2.05, 4.69) is 25.7 Å². The number of nitrogens with zero attached hydrogens (tertiary/aromatic N) is 3. The molecule has 0 aliphatic heterocycles. The molecule has 0 aliphatic carbocycles. The maximum Gasteiger partial charge on any atom is 0.276 e. The minimum atomic E-state index is -0.512. The first-order valence-corrected chi connectivity index (χ1v) is 7.41. The summed E-state index contributed by atoms with van der Waals surface area (Å²) in [5.74, 6) is -0.460. The molecule has 0 spiro atoms. The lowest BCUT2D eigenvalue weighted by atomic mass is 10.1. The van der Waals surface area contributed by atoms with Crippen LogP contribution < -0.4 is 5.32 Å². The lowest BCUT2D eigenvalue weighted by Gasteiger charge is -2.03. The first kappa shape index (κ1) is 14.8. The fourth-order valence-electron chi connectivity index (χ4n) is 2.70. The van der Waals surface area contributed by atoms with E-state index >= 15 is 0 Å². The molecule has 9 nitrogen and oxygen atoms in total. The number of aromatic nitrogens is 4. The highest BCUT2D eigenvalue weighted by atomic mass is 16.6. The van der Waals surface area contributed by atoms with E-state index in [0.29, 0.717) is 16.6 Å². The standard InChI is InChI=1S/C16H12N6O3/c1-8-11-4-2-9(6-14(11)20-18-8)17-16(23)15-12-7-10(22(24)25)3-5-13(12)19-21-15/h2-7H,1H3,(H,17,23)(H,18,20)(H,19,21). The smallest absolute Gasteiger partial charge is 0.276 e. The summed E-state index contributed by atoms with van der Waals surface area (Å²) < 4.78 is 0. The molecule has 2 aromatic carbocycles. The summed E-state index contributed by atoms with van der Waals surface area (Å²) >= 11 is 0. The van der Waals surface area contributed by atoms with E-state index in [1.807, 2.05) is 13.0 Å². The molecule has 0 saturated carbocycles. The quantitative estimate of drug-likeness (QED) is 0.391. The molecule has 2 aromatic heterocycles. The summed E-state index contributed by atoms with van der Waals surface area (Å²) in [6.45, 7) is 1.91. The number of nitro benzene ring substituents is 1. The van der Waals surface area contributed by atoms with Gasteiger partial charge in [-0.05, 0) is 31.2 Å². The van der Waals surface area contributed by atoms with Crippen LogP contribution in [0.5, 0.6) is 0 Å². The van der Waals surface area contributed by atoms with Gasteiger partial charge in [-0.15, -0.1) is 0 Å². The average molecular weight is 336 g/mol. The molecule has 0 unspecified atom stereocenters. The van der Waals surface area contributed by atoms with E-state index in [0.717, 1.165) is 16.6 Å². The van der Waals surface area contributed by atoms with Gasteiger partial charge in [-0.1, -0.05) is 0 Å². The Hall–Kier alpha value is -3.75. The summed E-state index contributed by atoms with van der Waals surface area (Å²) in [6.07, 6.45) is 0. The van der Waals surface area contributed by atoms with E-state index in [4.69, 9.17) is 0 Å². The number of carbonyl (C=O) groups is 1. The molecule has 3 N–H and O–H groups in total. The van der Waals surface area contributed by atoms with E-state index in [9.17, 15) is 14.9 Å². The minimum absolute atomic E-state index is 0.0944. The molecular weight excluding hydrogens is 324 g/mol. The SMILES string of the molecule is Cc1[nH]nc2cc(NC(=O)c3n[nH]c4ccc([N+](=O)[O-])cc34)ccc12. The van der Waals surface area contributed by atoms with Crippen molar-refractivity contribution < 1.29 is 9.72 Å². The maximum atomic E-state index is 12.5. The number of carbonyl (C=O) groups excluding carboxylic acids is 1. The zero-order chi connectivity index (χ0) is 17.6. The predicted molar refractivity (Wildman–Crippen MR) is 91.5 cm³/mol. The Kier molecular flexibility index (Phi) is 3.21. The van der Waals surface area contributed by atoms with E-state index in [1.165, 1.54) is 18.2 Å². The van der Waals surface area contributed by atoms with Crippen LogP contribution in [0.1, 0.15) is 16.2 Å². The Bertz CT molecular complexity index is 1140. The van der Waals surface area contributed by atoms with Crippen molar-refractivity contribution in [3.05, 3.63) is 57.9 Å². The van der Waals surface area contributed by atoms with Crippen molar-refractivity contribution in [2.45, 2.75) is 6.92 Å². The van der Waals surface area contributed by atoms with Gasteiger partial charge >= 0.3 is 0 Å². The van der Waals surface area contributed by atoms with Gasteiger partial charge in [-0.2, -0.15) is 10.2 Å². The predicted octanol–water partition coefficient (Wildman–Crippen LogP) is 2.91. The number of benzene rings is 2. The zero-order valence-electron chi connectivity index (χ0n) is 13.0. The van der Waals surface area contributed by atoms with Gasteiger partial charge in [0.2, 0.25) is 0 Å². The lowest BCUT2D eigenvalue weighted by molar-refractivity contribution is -0.384. The van der Waals surface area contributed by atoms with Gasteiger partial charge < -0.3 is 5.32 Å². The molecule has 0 bridgehead atoms. The van der Waals surface area contributed by atoms with E-state index < -0.39 is 10.8 Å². The number of aryl methyl sites for hydroxylation is 1. The Morgan fingerprint density at radius 3 is 2.76 bits per heavy atom. The molecule has 0 saturated heterocycles. The number of nitrogens with one attached hydrogen (secondary N) is 3. The second kappa shape index (κ2) is 5.41. The van der Waals surface area contributed by atoms with Gasteiger partial charge in [0.1, 0.15) is 0 Å². The second-order valence-electron chi connectivity index (χ2n) is 5.59. The van der Waals surface area contributed by atoms with Gasteiger partial charge in [0.05, 0.1) is 16.0 Å². The number of hydrogen-bond donors (Lipinski definition) is 3. The van der Waals surface area contributed by atoms with Gasteiger partial charge in [0.25, 0.3) is 11.6 Å². The van der Waals surface area contributed by atoms with Crippen molar-refractivity contribution in [3.8, 4) is 0 Å². The molecular formula is C16H12N6O3. The van der Waals surface area contributed by atoms with Crippen LogP contribution in [0.15, 0.2) is 36.4 Å². The Morgan fingerprint density at radius 2 is 1.96 bits per heavy atom. The Balaban J connectivity index is 1.68. The summed E-state index contributed by atoms with van der Waals surface area (Å²) in [7, 11) is 0. The highest BCUT2D eigenvalue weighted by Gasteiger charge is 2.17. The lowest BCUT2D eigenvalue weighted by Crippen LogP contribution is -2.12. The van der Waals surface area contributed by atoms with Crippen LogP contribution >= 0.6 is 0 Å². The van der Waals surface area contributed by atoms with Crippen LogP contribution in [0.3, 0.4) is 0 Å². The van der Waals surface area contributed by atoms with Gasteiger partial charge in [0.15, 0.2) is 5.69 Å². The molecule has 25 heavy (non-hydrogen) atoms. The minimum Gasteiger partial charge on any atom is -0.320 e. The third kappa shape index (κ3) is 2.47. The number of amides is 1. The monoisotopic (exact) mass is 336 g/mol. The van der Waals surface area contributed by atoms with Crippen molar-refractivity contribution in [1.82, 2.24) is 20.4 Å². The number of rotatable bonds is 3. The van der Waals surface area contributed by atoms with Crippen LogP contribution in [0.25, 0.3) is 21.8 Å². The summed E-state index contributed by atoms with van der Waals surface area (Å²) in [4.78, 5) is 22.9. The van der Waals surface area contributed by atoms with Crippen LogP contribution in [0, 0.1) is 17.0 Å². The van der Waals surface area contributed by atoms with Crippen molar-refractivity contribution in [3.63, 3.8) is 0 Å². The number of aromatic amines is 2. The number of nitro groups is 1. The highest BCUT2D eigenvalue weighted by Crippen LogP contribution is 2.24. The molecule has 4 rings (SSSR count). The first-order chi connectivity index (χ1) is 12.0. The molecule has 0 aliphatic rings. The maximum absolute atomic E-state index is 12.5. The van der Waals surface area contributed by atoms with Crippen molar-refractivity contribution in [1.29, 1.82) is 0 Å². The normalized spacial score (nSPS) is 11.1. The molecule has 0 fully saturated rings. The van der Waals surface area contributed by atoms with Crippen LogP contribution in [0.2, 0.25) is 0 Å². The van der Waals surface area contributed by atoms with Gasteiger partial charge in [0, 0.05) is 34.3 Å². The largest absolute Gasteiger partial charge is 0.320 e. The highest BCUT2D eigenvalue weighted by molar-refractivity contribution is 6.11. The molecule has 2 heterocycles. The average Bonchev–Trinajstić information content (AvgIpc) is 3.18. The summed E-state index contributed by atoms with van der Waals surface area (Å²) in [5.41, 5.74) is 2.78. The van der Waals surface area contributed by atoms with E-state index in [-0.39, 0.29) is 11.4 Å². The summed E-state index contributed by atoms with van der Waals surface area (Å²) in [6, 6.07) is 9.57. The fourth-order valence-corrected chi connectivity index (χ4v) is 2.70. The molecule has 4 aromatic rings. The third-order valence-corrected chi connectivity index (χ3v) is 3.98. The second-order valence-corrected chi connectivity index (χ2v) is 5.59. The third-order valence-electron chi connectivity index (χ3n) is 3.98. The number of non-ortho nitro benzene ring substituents is 1. The Morgan fingerprint density at radius 1 is 1.12 bits per heavy atom. The van der Waals surface area contributed by atoms with Crippen LogP contribution in [-0.4, -0.2) is 31.2 Å². The number of fused-ring (bicyclic) bond motifs is 2. The topological polar surface area (TPSA) is 130 Å². The van der Waals surface area contributed by atoms with Gasteiger partial charge in [-0.25, -0.2) is 0 Å². The molecule has 124 valence electrons. The molecule has 0 radical (unpaired) electrons. The van der Waals surface area contributed by atoms with E-state index in [1.54, 1.807) is 12.1 Å². The molecule has 9 heteroatoms. The number of hydrogen-bond acceptors (Lipinski definition) is 5. The summed E-state index contributed by atoms with van der Waals surface area (Å²) in [5, 5.41) is 28.8. The van der Waals surface area contributed by atoms with Gasteiger partial charge in [-0.3, -0.25) is 25.1 Å². The number of H-pyrrole nitrogens is 2. The Labute approximate surface area is 140 Å².